The maximum atomic E-state index is 13.5. The number of hydrogen-bond acceptors (Lipinski definition) is 1. The van der Waals surface area contributed by atoms with Crippen molar-refractivity contribution in [3.8, 4) is 11.1 Å². The topological polar surface area (TPSA) is 12.0 Å². The summed E-state index contributed by atoms with van der Waals surface area (Å²) in [7, 11) is 0. The lowest BCUT2D eigenvalue weighted by atomic mass is 9.97. The quantitative estimate of drug-likeness (QED) is 0.847. The van der Waals surface area contributed by atoms with Gasteiger partial charge in [-0.1, -0.05) is 36.7 Å². The smallest absolute Gasteiger partial charge is 0.127 e. The number of benzene rings is 2. The van der Waals surface area contributed by atoms with Crippen molar-refractivity contribution in [2.45, 2.75) is 27.3 Å². The molecule has 0 spiro atoms. The van der Waals surface area contributed by atoms with Crippen LogP contribution in [0.25, 0.3) is 11.1 Å². The Morgan fingerprint density at radius 2 is 1.80 bits per heavy atom. The normalized spacial score (nSPS) is 10.8. The van der Waals surface area contributed by atoms with Crippen LogP contribution in [0.4, 0.5) is 4.39 Å². The lowest BCUT2D eigenvalue weighted by molar-refractivity contribution is 0.619. The third kappa shape index (κ3) is 3.20. The fourth-order valence-electron chi connectivity index (χ4n) is 2.27. The molecule has 0 amide bonds. The minimum absolute atomic E-state index is 0.264. The van der Waals surface area contributed by atoms with Crippen molar-refractivity contribution in [2.75, 3.05) is 6.54 Å². The molecule has 0 bridgehead atoms. The Balaban J connectivity index is 2.41. The fraction of sp³-hybridized carbons (Fsp3) is 0.294. The molecule has 0 radical (unpaired) electrons. The zero-order valence-corrected chi connectivity index (χ0v) is 12.8. The van der Waals surface area contributed by atoms with Crippen LogP contribution in [0.2, 0.25) is 5.02 Å². The molecule has 0 atom stereocenters. The molecule has 0 aliphatic heterocycles. The highest BCUT2D eigenvalue weighted by molar-refractivity contribution is 6.33. The van der Waals surface area contributed by atoms with Gasteiger partial charge in [-0.2, -0.15) is 0 Å². The second-order valence-corrected chi connectivity index (χ2v) is 5.42. The van der Waals surface area contributed by atoms with E-state index in [9.17, 15) is 4.39 Å². The van der Waals surface area contributed by atoms with Crippen LogP contribution in [0.5, 0.6) is 0 Å². The Hall–Kier alpha value is -1.38. The average molecular weight is 292 g/mol. The SMILES string of the molecule is CCNCc1ccc(-c2cc(C)c(F)cc2Cl)c(C)c1. The van der Waals surface area contributed by atoms with Crippen LogP contribution in [0.1, 0.15) is 23.6 Å². The van der Waals surface area contributed by atoms with Gasteiger partial charge in [0.25, 0.3) is 0 Å². The first kappa shape index (κ1) is 15.0. The zero-order chi connectivity index (χ0) is 14.7. The predicted octanol–water partition coefficient (Wildman–Crippen LogP) is 4.87. The second-order valence-electron chi connectivity index (χ2n) is 5.01. The van der Waals surface area contributed by atoms with Crippen molar-refractivity contribution >= 4 is 11.6 Å². The molecule has 1 nitrogen and oxygen atoms in total. The van der Waals surface area contributed by atoms with E-state index in [0.717, 1.165) is 29.8 Å². The van der Waals surface area contributed by atoms with Crippen LogP contribution < -0.4 is 5.32 Å². The molecule has 0 aliphatic carbocycles. The largest absolute Gasteiger partial charge is 0.313 e. The van der Waals surface area contributed by atoms with Crippen LogP contribution in [-0.2, 0) is 6.54 Å². The van der Waals surface area contributed by atoms with Gasteiger partial charge in [0.2, 0.25) is 0 Å². The van der Waals surface area contributed by atoms with Gasteiger partial charge in [0.05, 0.1) is 5.02 Å². The van der Waals surface area contributed by atoms with Gasteiger partial charge in [-0.15, -0.1) is 0 Å². The standard InChI is InChI=1S/C17H19ClFN/c1-4-20-10-13-5-6-14(11(2)7-13)15-8-12(3)17(19)9-16(15)18/h5-9,20H,4,10H2,1-3H3. The maximum absolute atomic E-state index is 13.5. The molecule has 1 N–H and O–H groups in total. The molecule has 2 rings (SSSR count). The molecular weight excluding hydrogens is 273 g/mol. The van der Waals surface area contributed by atoms with Gasteiger partial charge in [-0.3, -0.25) is 0 Å². The van der Waals surface area contributed by atoms with Crippen molar-refractivity contribution < 1.29 is 4.39 Å². The van der Waals surface area contributed by atoms with Crippen molar-refractivity contribution in [1.82, 2.24) is 5.32 Å². The molecule has 0 fully saturated rings. The third-order valence-corrected chi connectivity index (χ3v) is 3.72. The van der Waals surface area contributed by atoms with Gasteiger partial charge < -0.3 is 5.32 Å². The summed E-state index contributed by atoms with van der Waals surface area (Å²) in [4.78, 5) is 0. The van der Waals surface area contributed by atoms with E-state index >= 15 is 0 Å². The first-order chi connectivity index (χ1) is 9.52. The van der Waals surface area contributed by atoms with Gasteiger partial charge in [0.15, 0.2) is 0 Å². The molecule has 106 valence electrons. The van der Waals surface area contributed by atoms with Gasteiger partial charge in [-0.05, 0) is 54.8 Å². The van der Waals surface area contributed by atoms with Gasteiger partial charge in [0.1, 0.15) is 5.82 Å². The van der Waals surface area contributed by atoms with E-state index in [1.165, 1.54) is 11.6 Å². The van der Waals surface area contributed by atoms with E-state index in [2.05, 4.69) is 37.4 Å². The van der Waals surface area contributed by atoms with E-state index in [1.54, 1.807) is 6.92 Å². The summed E-state index contributed by atoms with van der Waals surface area (Å²) in [5, 5.41) is 3.76. The summed E-state index contributed by atoms with van der Waals surface area (Å²) in [6.45, 7) is 7.70. The summed E-state index contributed by atoms with van der Waals surface area (Å²) >= 11 is 6.18. The van der Waals surface area contributed by atoms with Crippen molar-refractivity contribution in [1.29, 1.82) is 0 Å². The third-order valence-electron chi connectivity index (χ3n) is 3.41. The number of halogens is 2. The summed E-state index contributed by atoms with van der Waals surface area (Å²) in [5.41, 5.74) is 4.94. The highest BCUT2D eigenvalue weighted by Gasteiger charge is 2.10. The molecule has 0 saturated heterocycles. The molecule has 3 heteroatoms. The second kappa shape index (κ2) is 6.38. The molecule has 20 heavy (non-hydrogen) atoms. The fourth-order valence-corrected chi connectivity index (χ4v) is 2.52. The molecule has 0 aromatic heterocycles. The first-order valence-corrected chi connectivity index (χ1v) is 7.17. The molecule has 0 aliphatic rings. The maximum Gasteiger partial charge on any atom is 0.127 e. The molecule has 0 heterocycles. The van der Waals surface area contributed by atoms with Crippen molar-refractivity contribution in [3.05, 3.63) is 57.9 Å². The minimum Gasteiger partial charge on any atom is -0.313 e. The van der Waals surface area contributed by atoms with Crippen LogP contribution in [-0.4, -0.2) is 6.54 Å². The number of hydrogen-bond donors (Lipinski definition) is 1. The van der Waals surface area contributed by atoms with E-state index < -0.39 is 0 Å². The molecule has 2 aromatic carbocycles. The Morgan fingerprint density at radius 1 is 1.05 bits per heavy atom. The highest BCUT2D eigenvalue weighted by Crippen LogP contribution is 2.32. The minimum atomic E-state index is -0.264. The Bertz CT molecular complexity index is 623. The lowest BCUT2D eigenvalue weighted by Gasteiger charge is -2.12. The van der Waals surface area contributed by atoms with Crippen molar-refractivity contribution in [3.63, 3.8) is 0 Å². The van der Waals surface area contributed by atoms with Crippen molar-refractivity contribution in [2.24, 2.45) is 0 Å². The summed E-state index contributed by atoms with van der Waals surface area (Å²) in [6.07, 6.45) is 0. The summed E-state index contributed by atoms with van der Waals surface area (Å²) < 4.78 is 13.5. The van der Waals surface area contributed by atoms with E-state index in [-0.39, 0.29) is 5.82 Å². The number of rotatable bonds is 4. The van der Waals surface area contributed by atoms with E-state index in [1.807, 2.05) is 6.07 Å². The predicted molar refractivity (Wildman–Crippen MR) is 83.7 cm³/mol. The van der Waals surface area contributed by atoms with Crippen LogP contribution in [0.3, 0.4) is 0 Å². The van der Waals surface area contributed by atoms with E-state index in [4.69, 9.17) is 11.6 Å². The molecular formula is C17H19ClFN. The Labute approximate surface area is 124 Å². The van der Waals surface area contributed by atoms with Crippen LogP contribution >= 0.6 is 11.6 Å². The lowest BCUT2D eigenvalue weighted by Crippen LogP contribution is -2.11. The summed E-state index contributed by atoms with van der Waals surface area (Å²) in [5.74, 6) is -0.264. The van der Waals surface area contributed by atoms with Crippen LogP contribution in [0, 0.1) is 19.7 Å². The zero-order valence-electron chi connectivity index (χ0n) is 12.1. The number of nitrogens with one attached hydrogen (secondary N) is 1. The first-order valence-electron chi connectivity index (χ1n) is 6.79. The monoisotopic (exact) mass is 291 g/mol. The molecule has 0 saturated carbocycles. The van der Waals surface area contributed by atoms with Gasteiger partial charge in [0, 0.05) is 12.1 Å². The Kier molecular flexibility index (Phi) is 4.79. The summed E-state index contributed by atoms with van der Waals surface area (Å²) in [6, 6.07) is 9.48. The van der Waals surface area contributed by atoms with Gasteiger partial charge in [-0.25, -0.2) is 4.39 Å². The highest BCUT2D eigenvalue weighted by atomic mass is 35.5. The van der Waals surface area contributed by atoms with Crippen LogP contribution in [0.15, 0.2) is 30.3 Å². The number of aryl methyl sites for hydroxylation is 2. The van der Waals surface area contributed by atoms with E-state index in [0.29, 0.717) is 10.6 Å². The van der Waals surface area contributed by atoms with Gasteiger partial charge >= 0.3 is 0 Å². The molecule has 0 unspecified atom stereocenters. The Morgan fingerprint density at radius 3 is 2.45 bits per heavy atom. The average Bonchev–Trinajstić information content (AvgIpc) is 2.41. The molecule has 2 aromatic rings.